The Labute approximate surface area is 152 Å². The summed E-state index contributed by atoms with van der Waals surface area (Å²) in [6.07, 6.45) is 4.78. The monoisotopic (exact) mass is 353 g/mol. The van der Waals surface area contributed by atoms with E-state index in [1.165, 1.54) is 10.4 Å². The lowest BCUT2D eigenvalue weighted by Gasteiger charge is -2.22. The second kappa shape index (κ2) is 8.48. The molecule has 0 saturated carbocycles. The summed E-state index contributed by atoms with van der Waals surface area (Å²) in [5, 5.41) is 9.91. The Morgan fingerprint density at radius 1 is 1.24 bits per heavy atom. The Morgan fingerprint density at radius 2 is 2.12 bits per heavy atom. The minimum absolute atomic E-state index is 0.700. The molecule has 5 nitrogen and oxygen atoms in total. The van der Waals surface area contributed by atoms with E-state index in [1.54, 1.807) is 17.5 Å². The summed E-state index contributed by atoms with van der Waals surface area (Å²) in [4.78, 5) is 7.97. The molecule has 3 rings (SSSR count). The predicted molar refractivity (Wildman–Crippen MR) is 104 cm³/mol. The number of aliphatic imine (C=N–C) groups is 1. The van der Waals surface area contributed by atoms with Crippen LogP contribution in [-0.2, 0) is 13.0 Å². The number of nitrogens with one attached hydrogen (secondary N) is 1. The molecule has 0 radical (unpaired) electrons. The predicted octanol–water partition coefficient (Wildman–Crippen LogP) is 3.18. The van der Waals surface area contributed by atoms with Crippen LogP contribution in [0.2, 0.25) is 0 Å². The van der Waals surface area contributed by atoms with Crippen LogP contribution >= 0.6 is 11.3 Å². The maximum Gasteiger partial charge on any atom is 0.193 e. The minimum Gasteiger partial charge on any atom is -0.352 e. The highest BCUT2D eigenvalue weighted by Gasteiger charge is 2.09. The lowest BCUT2D eigenvalue weighted by atomic mass is 10.2. The number of benzene rings is 1. The van der Waals surface area contributed by atoms with Crippen LogP contribution in [0, 0.1) is 0 Å². The third kappa shape index (κ3) is 4.48. The minimum atomic E-state index is 0.700. The Balaban J connectivity index is 1.62. The second-order valence-corrected chi connectivity index (χ2v) is 6.76. The second-order valence-electron chi connectivity index (χ2n) is 5.73. The highest BCUT2D eigenvalue weighted by atomic mass is 32.1. The number of hydrogen-bond acceptors (Lipinski definition) is 3. The smallest absolute Gasteiger partial charge is 0.193 e. The highest BCUT2D eigenvalue weighted by molar-refractivity contribution is 7.09. The van der Waals surface area contributed by atoms with Crippen LogP contribution in [0.5, 0.6) is 0 Å². The molecule has 0 atom stereocenters. The van der Waals surface area contributed by atoms with Crippen LogP contribution in [0.15, 0.2) is 65.2 Å². The Kier molecular flexibility index (Phi) is 5.85. The lowest BCUT2D eigenvalue weighted by molar-refractivity contribution is 0.486. The molecule has 0 bridgehead atoms. The molecule has 0 amide bonds. The highest BCUT2D eigenvalue weighted by Crippen LogP contribution is 2.13. The molecule has 0 unspecified atom stereocenters. The van der Waals surface area contributed by atoms with Gasteiger partial charge in [-0.05, 0) is 35.6 Å². The first-order chi connectivity index (χ1) is 12.3. The topological polar surface area (TPSA) is 45.5 Å². The van der Waals surface area contributed by atoms with E-state index in [9.17, 15) is 0 Å². The van der Waals surface area contributed by atoms with E-state index in [0.29, 0.717) is 6.54 Å². The third-order valence-corrected chi connectivity index (χ3v) is 4.96. The van der Waals surface area contributed by atoms with Gasteiger partial charge in [0.2, 0.25) is 0 Å². The molecule has 0 fully saturated rings. The Hall–Kier alpha value is -2.60. The fourth-order valence-corrected chi connectivity index (χ4v) is 3.39. The lowest BCUT2D eigenvalue weighted by Crippen LogP contribution is -2.39. The normalized spacial score (nSPS) is 11.5. The van der Waals surface area contributed by atoms with Crippen molar-refractivity contribution >= 4 is 17.3 Å². The number of nitrogens with zero attached hydrogens (tertiary/aromatic N) is 4. The zero-order valence-electron chi connectivity index (χ0n) is 14.6. The molecule has 1 N–H and O–H groups in total. The number of guanidine groups is 1. The number of thiophene rings is 1. The molecule has 1 aromatic carbocycles. The summed E-state index contributed by atoms with van der Waals surface area (Å²) in [6.45, 7) is 1.63. The molecule has 2 aromatic heterocycles. The van der Waals surface area contributed by atoms with Crippen molar-refractivity contribution in [2.24, 2.45) is 4.99 Å². The van der Waals surface area contributed by atoms with Gasteiger partial charge in [0.15, 0.2) is 5.96 Å². The molecular formula is C19H23N5S. The third-order valence-electron chi connectivity index (χ3n) is 4.03. The van der Waals surface area contributed by atoms with E-state index < -0.39 is 0 Å². The van der Waals surface area contributed by atoms with E-state index >= 15 is 0 Å². The molecule has 0 aliphatic carbocycles. The zero-order chi connectivity index (χ0) is 17.5. The van der Waals surface area contributed by atoms with E-state index in [1.807, 2.05) is 36.1 Å². The largest absolute Gasteiger partial charge is 0.352 e. The van der Waals surface area contributed by atoms with Crippen molar-refractivity contribution in [3.63, 3.8) is 0 Å². The summed E-state index contributed by atoms with van der Waals surface area (Å²) in [5.41, 5.74) is 2.26. The summed E-state index contributed by atoms with van der Waals surface area (Å²) in [5.74, 6) is 0.895. The van der Waals surface area contributed by atoms with E-state index in [0.717, 1.165) is 24.6 Å². The van der Waals surface area contributed by atoms with Crippen LogP contribution in [0.4, 0.5) is 0 Å². The van der Waals surface area contributed by atoms with Crippen LogP contribution in [0.25, 0.3) is 5.69 Å². The molecular weight excluding hydrogens is 330 g/mol. The SMILES string of the molecule is CN=C(NCc1ccccc1-n1cccn1)N(C)CCc1cccs1. The average molecular weight is 353 g/mol. The summed E-state index contributed by atoms with van der Waals surface area (Å²) >= 11 is 1.80. The van der Waals surface area contributed by atoms with Crippen molar-refractivity contribution in [1.82, 2.24) is 20.0 Å². The van der Waals surface area contributed by atoms with Gasteiger partial charge >= 0.3 is 0 Å². The van der Waals surface area contributed by atoms with E-state index in [2.05, 4.69) is 57.0 Å². The van der Waals surface area contributed by atoms with Gasteiger partial charge in [-0.25, -0.2) is 4.68 Å². The Morgan fingerprint density at radius 3 is 2.84 bits per heavy atom. The molecule has 0 aliphatic rings. The first-order valence-electron chi connectivity index (χ1n) is 8.30. The number of rotatable bonds is 6. The van der Waals surface area contributed by atoms with Gasteiger partial charge in [0, 0.05) is 44.5 Å². The number of para-hydroxylation sites is 1. The molecule has 25 heavy (non-hydrogen) atoms. The van der Waals surface area contributed by atoms with Gasteiger partial charge in [-0.1, -0.05) is 24.3 Å². The first-order valence-corrected chi connectivity index (χ1v) is 9.18. The van der Waals surface area contributed by atoms with Gasteiger partial charge in [0.1, 0.15) is 0 Å². The molecule has 0 saturated heterocycles. The molecule has 0 aliphatic heterocycles. The van der Waals surface area contributed by atoms with Gasteiger partial charge < -0.3 is 10.2 Å². The Bertz CT molecular complexity index is 793. The summed E-state index contributed by atoms with van der Waals surface area (Å²) in [6, 6.07) is 14.5. The molecule has 0 spiro atoms. The quantitative estimate of drug-likeness (QED) is 0.547. The first kappa shape index (κ1) is 17.2. The van der Waals surface area contributed by atoms with Crippen LogP contribution in [0.1, 0.15) is 10.4 Å². The van der Waals surface area contributed by atoms with Crippen molar-refractivity contribution in [2.45, 2.75) is 13.0 Å². The van der Waals surface area contributed by atoms with Gasteiger partial charge in [-0.3, -0.25) is 4.99 Å². The van der Waals surface area contributed by atoms with Gasteiger partial charge in [-0.2, -0.15) is 5.10 Å². The van der Waals surface area contributed by atoms with Crippen LogP contribution in [-0.4, -0.2) is 41.3 Å². The standard InChI is InChI=1S/C19H23N5S/c1-20-19(23(2)13-10-17-8-5-14-25-17)21-15-16-7-3-4-9-18(16)24-12-6-11-22-24/h3-9,11-12,14H,10,13,15H2,1-2H3,(H,20,21). The molecule has 130 valence electrons. The van der Waals surface area contributed by atoms with Crippen LogP contribution < -0.4 is 5.32 Å². The van der Waals surface area contributed by atoms with Crippen molar-refractivity contribution < 1.29 is 0 Å². The average Bonchev–Trinajstić information content (AvgIpc) is 3.34. The molecule has 3 aromatic rings. The van der Waals surface area contributed by atoms with E-state index in [-0.39, 0.29) is 0 Å². The van der Waals surface area contributed by atoms with Crippen molar-refractivity contribution in [2.75, 3.05) is 20.6 Å². The van der Waals surface area contributed by atoms with Crippen LogP contribution in [0.3, 0.4) is 0 Å². The van der Waals surface area contributed by atoms with Gasteiger partial charge in [0.05, 0.1) is 5.69 Å². The summed E-state index contributed by atoms with van der Waals surface area (Å²) in [7, 11) is 3.89. The van der Waals surface area contributed by atoms with Crippen molar-refractivity contribution in [1.29, 1.82) is 0 Å². The molecule has 2 heterocycles. The fraction of sp³-hybridized carbons (Fsp3) is 0.263. The number of likely N-dealkylation sites (N-methyl/N-ethyl adjacent to an activating group) is 1. The maximum atomic E-state index is 4.41. The maximum absolute atomic E-state index is 4.41. The van der Waals surface area contributed by atoms with Crippen molar-refractivity contribution in [3.05, 3.63) is 70.7 Å². The van der Waals surface area contributed by atoms with Gasteiger partial charge in [0.25, 0.3) is 0 Å². The molecule has 6 heteroatoms. The van der Waals surface area contributed by atoms with Gasteiger partial charge in [-0.15, -0.1) is 11.3 Å². The zero-order valence-corrected chi connectivity index (χ0v) is 15.4. The summed E-state index contributed by atoms with van der Waals surface area (Å²) < 4.78 is 1.89. The van der Waals surface area contributed by atoms with E-state index in [4.69, 9.17) is 0 Å². The number of aromatic nitrogens is 2. The van der Waals surface area contributed by atoms with Crippen molar-refractivity contribution in [3.8, 4) is 5.69 Å². The fourth-order valence-electron chi connectivity index (χ4n) is 2.69. The number of hydrogen-bond donors (Lipinski definition) is 1.